The van der Waals surface area contributed by atoms with Gasteiger partial charge in [-0.3, -0.25) is 28.8 Å². The zero-order valence-corrected chi connectivity index (χ0v) is 27.8. The molecule has 1 aromatic carbocycles. The zero-order chi connectivity index (χ0) is 31.9. The lowest BCUT2D eigenvalue weighted by atomic mass is 9.85. The van der Waals surface area contributed by atoms with Crippen LogP contribution < -0.4 is 10.9 Å². The Labute approximate surface area is 238 Å². The summed E-state index contributed by atoms with van der Waals surface area (Å²) in [5.74, 6) is 1.42. The third-order valence-corrected chi connectivity index (χ3v) is 5.82. The summed E-state index contributed by atoms with van der Waals surface area (Å²) >= 11 is 0. The molecule has 6 nitrogen and oxygen atoms in total. The quantitative estimate of drug-likeness (QED) is 0.288. The maximum atomic E-state index is 11.1. The fourth-order valence-electron chi connectivity index (χ4n) is 3.45. The van der Waals surface area contributed by atoms with Gasteiger partial charge in [0.25, 0.3) is 0 Å². The number of ketones is 4. The molecule has 0 N–H and O–H groups in total. The first-order valence-electron chi connectivity index (χ1n) is 14.5. The van der Waals surface area contributed by atoms with Gasteiger partial charge in [0, 0.05) is 47.1 Å². The maximum absolute atomic E-state index is 11.1. The van der Waals surface area contributed by atoms with E-state index in [-0.39, 0.29) is 63.8 Å². The molecule has 0 spiro atoms. The fraction of sp³-hybridized carbons (Fsp3) is 0.758. The topological polar surface area (TPSA) is 102 Å². The fourth-order valence-corrected chi connectivity index (χ4v) is 3.45. The number of Topliss-reactive ketones (excluding diaryl/α,β-unsaturated/α-hetero) is 4. The summed E-state index contributed by atoms with van der Waals surface area (Å²) < 4.78 is 0. The molecule has 6 heteroatoms. The summed E-state index contributed by atoms with van der Waals surface area (Å²) in [5, 5.41) is 0. The molecule has 0 heterocycles. The van der Waals surface area contributed by atoms with Crippen LogP contribution in [0.5, 0.6) is 0 Å². The first-order valence-corrected chi connectivity index (χ1v) is 14.5. The summed E-state index contributed by atoms with van der Waals surface area (Å²) in [5.41, 5.74) is 0.951. The minimum Gasteiger partial charge on any atom is -0.299 e. The molecule has 0 aliphatic rings. The van der Waals surface area contributed by atoms with Gasteiger partial charge in [-0.25, -0.2) is 0 Å². The van der Waals surface area contributed by atoms with Crippen molar-refractivity contribution in [1.82, 2.24) is 0 Å². The average molecular weight is 551 g/mol. The maximum Gasteiger partial charge on any atom is 0.229 e. The second kappa shape index (κ2) is 19.8. The SMILES string of the molecule is CC(C)C(=O)C(=O)C(C)C.CC(C)C(=O)C(C)C.CC(C)CC(=O)C(C)C.CC(C)c1c(C(C)C)c(=O)c1=O. The Hall–Kier alpha value is -2.24. The van der Waals surface area contributed by atoms with E-state index in [1.165, 1.54) is 0 Å². The third kappa shape index (κ3) is 16.5. The molecule has 0 aliphatic carbocycles. The minimum absolute atomic E-state index is 0.157. The second-order valence-corrected chi connectivity index (χ2v) is 12.8. The van der Waals surface area contributed by atoms with Gasteiger partial charge in [0.2, 0.25) is 22.4 Å². The van der Waals surface area contributed by atoms with Crippen LogP contribution in [0.2, 0.25) is 0 Å². The molecular formula is C33H58O6. The predicted octanol–water partition coefficient (Wildman–Crippen LogP) is 7.09. The number of rotatable bonds is 10. The number of carbonyl (C=O) groups is 4. The Balaban J connectivity index is -0.000000449. The molecule has 0 amide bonds. The molecule has 0 fully saturated rings. The van der Waals surface area contributed by atoms with Gasteiger partial charge in [-0.05, 0) is 17.8 Å². The zero-order valence-electron chi connectivity index (χ0n) is 27.8. The first kappa shape index (κ1) is 41.2. The normalized spacial score (nSPS) is 11.1. The van der Waals surface area contributed by atoms with Crippen LogP contribution in [0.4, 0.5) is 0 Å². The highest BCUT2D eigenvalue weighted by Gasteiger charge is 2.24. The summed E-state index contributed by atoms with van der Waals surface area (Å²) in [4.78, 5) is 65.9. The first-order chi connectivity index (χ1) is 17.5. The number of carbonyl (C=O) groups excluding carboxylic acids is 4. The molecule has 0 radical (unpaired) electrons. The monoisotopic (exact) mass is 550 g/mol. The van der Waals surface area contributed by atoms with Gasteiger partial charge in [-0.2, -0.15) is 0 Å². The molecular weight excluding hydrogens is 492 g/mol. The van der Waals surface area contributed by atoms with Crippen LogP contribution in [-0.2, 0) is 19.2 Å². The Kier molecular flexibility index (Phi) is 20.9. The minimum atomic E-state index is -0.270. The van der Waals surface area contributed by atoms with Crippen LogP contribution in [0, 0.1) is 35.5 Å². The van der Waals surface area contributed by atoms with Crippen LogP contribution in [-0.4, -0.2) is 23.1 Å². The molecule has 0 saturated carbocycles. The van der Waals surface area contributed by atoms with Crippen molar-refractivity contribution in [3.8, 4) is 0 Å². The highest BCUT2D eigenvalue weighted by molar-refractivity contribution is 6.38. The summed E-state index contributed by atoms with van der Waals surface area (Å²) in [7, 11) is 0. The standard InChI is InChI=1S/C10H14O2.C8H14O2.C8H16O.C7H14O/c1-5(2)7-8(6(3)4)10(12)9(7)11;1-5(2)7(9)8(10)6(3)4;1-6(2)5-8(9)7(3)4;1-5(2)7(8)6(3)4/h5-6H,1-4H3;5-6H,1-4H3;6-7H,5H2,1-4H3;5-6H,1-4H3. The highest BCUT2D eigenvalue weighted by Crippen LogP contribution is 2.21. The second-order valence-electron chi connectivity index (χ2n) is 12.8. The smallest absolute Gasteiger partial charge is 0.229 e. The van der Waals surface area contributed by atoms with Crippen molar-refractivity contribution in [2.45, 2.75) is 129 Å². The van der Waals surface area contributed by atoms with E-state index in [0.717, 1.165) is 17.5 Å². The third-order valence-electron chi connectivity index (χ3n) is 5.82. The molecule has 0 bridgehead atoms. The molecule has 0 saturated heterocycles. The molecule has 39 heavy (non-hydrogen) atoms. The van der Waals surface area contributed by atoms with Crippen molar-refractivity contribution >= 4 is 23.1 Å². The predicted molar refractivity (Wildman–Crippen MR) is 163 cm³/mol. The molecule has 1 rings (SSSR count). The Morgan fingerprint density at radius 1 is 0.462 bits per heavy atom. The lowest BCUT2D eigenvalue weighted by molar-refractivity contribution is -0.140. The summed E-state index contributed by atoms with van der Waals surface area (Å²) in [6.45, 7) is 30.5. The number of hydrogen-bond donors (Lipinski definition) is 0. The van der Waals surface area contributed by atoms with Crippen LogP contribution in [0.25, 0.3) is 0 Å². The summed E-state index contributed by atoms with van der Waals surface area (Å²) in [6, 6.07) is 0. The van der Waals surface area contributed by atoms with Crippen LogP contribution in [0.3, 0.4) is 0 Å². The van der Waals surface area contributed by atoms with Crippen molar-refractivity contribution < 1.29 is 19.2 Å². The summed E-state index contributed by atoms with van der Waals surface area (Å²) in [6.07, 6.45) is 0.734. The van der Waals surface area contributed by atoms with Crippen LogP contribution in [0.1, 0.15) is 140 Å². The van der Waals surface area contributed by atoms with E-state index in [9.17, 15) is 28.8 Å². The molecule has 0 aromatic heterocycles. The van der Waals surface area contributed by atoms with Gasteiger partial charge in [0.15, 0.2) is 0 Å². The van der Waals surface area contributed by atoms with Gasteiger partial charge in [0.1, 0.15) is 11.6 Å². The lowest BCUT2D eigenvalue weighted by Gasteiger charge is -2.16. The van der Waals surface area contributed by atoms with Gasteiger partial charge in [-0.15, -0.1) is 0 Å². The Morgan fingerprint density at radius 2 is 0.744 bits per heavy atom. The van der Waals surface area contributed by atoms with E-state index >= 15 is 0 Å². The number of hydrogen-bond acceptors (Lipinski definition) is 6. The Morgan fingerprint density at radius 3 is 0.846 bits per heavy atom. The highest BCUT2D eigenvalue weighted by atomic mass is 16.2. The van der Waals surface area contributed by atoms with Gasteiger partial charge < -0.3 is 0 Å². The lowest BCUT2D eigenvalue weighted by Crippen LogP contribution is -2.41. The molecule has 0 aliphatic heterocycles. The van der Waals surface area contributed by atoms with E-state index in [1.807, 2.05) is 69.2 Å². The largest absolute Gasteiger partial charge is 0.299 e. The van der Waals surface area contributed by atoms with E-state index < -0.39 is 0 Å². The van der Waals surface area contributed by atoms with Crippen molar-refractivity contribution in [3.05, 3.63) is 31.6 Å². The van der Waals surface area contributed by atoms with Gasteiger partial charge in [0.05, 0.1) is 0 Å². The van der Waals surface area contributed by atoms with E-state index in [0.29, 0.717) is 17.5 Å². The van der Waals surface area contributed by atoms with Crippen molar-refractivity contribution in [2.24, 2.45) is 35.5 Å². The molecule has 226 valence electrons. The Bertz CT molecular complexity index is 901. The molecule has 0 unspecified atom stereocenters. The average Bonchev–Trinajstić information content (AvgIpc) is 2.79. The van der Waals surface area contributed by atoms with Crippen LogP contribution in [0.15, 0.2) is 9.59 Å². The molecule has 1 aromatic rings. The molecule has 0 atom stereocenters. The van der Waals surface area contributed by atoms with E-state index in [4.69, 9.17) is 0 Å². The van der Waals surface area contributed by atoms with E-state index in [2.05, 4.69) is 13.8 Å². The van der Waals surface area contributed by atoms with Crippen LogP contribution >= 0.6 is 0 Å². The van der Waals surface area contributed by atoms with Gasteiger partial charge >= 0.3 is 0 Å². The van der Waals surface area contributed by atoms with Crippen molar-refractivity contribution in [2.75, 3.05) is 0 Å². The van der Waals surface area contributed by atoms with Crippen molar-refractivity contribution in [3.63, 3.8) is 0 Å². The van der Waals surface area contributed by atoms with E-state index in [1.54, 1.807) is 27.7 Å². The van der Waals surface area contributed by atoms with Crippen molar-refractivity contribution in [1.29, 1.82) is 0 Å². The van der Waals surface area contributed by atoms with Gasteiger partial charge in [-0.1, -0.05) is 111 Å².